The van der Waals surface area contributed by atoms with Gasteiger partial charge in [-0.25, -0.2) is 4.79 Å². The number of amidine groups is 1. The van der Waals surface area contributed by atoms with Gasteiger partial charge in [-0.1, -0.05) is 13.3 Å². The Bertz CT molecular complexity index is 743. The zero-order valence-electron chi connectivity index (χ0n) is 16.8. The van der Waals surface area contributed by atoms with Crippen molar-refractivity contribution in [1.29, 1.82) is 5.41 Å². The van der Waals surface area contributed by atoms with Gasteiger partial charge < -0.3 is 20.3 Å². The summed E-state index contributed by atoms with van der Waals surface area (Å²) < 4.78 is 5.01. The topological polar surface area (TPSA) is 144 Å². The van der Waals surface area contributed by atoms with E-state index in [4.69, 9.17) is 15.4 Å². The number of esters is 1. The molecule has 1 aliphatic heterocycles. The number of urea groups is 1. The van der Waals surface area contributed by atoms with Crippen LogP contribution in [0.3, 0.4) is 0 Å². The van der Waals surface area contributed by atoms with Gasteiger partial charge >= 0.3 is 12.0 Å². The van der Waals surface area contributed by atoms with Crippen LogP contribution in [0.25, 0.3) is 0 Å². The Morgan fingerprint density at radius 3 is 2.63 bits per heavy atom. The molecule has 0 bridgehead atoms. The first-order valence-electron chi connectivity index (χ1n) is 9.56. The van der Waals surface area contributed by atoms with E-state index < -0.39 is 12.1 Å². The average molecular weight is 442 g/mol. The molecule has 10 nitrogen and oxygen atoms in total. The van der Waals surface area contributed by atoms with Crippen LogP contribution in [0.2, 0.25) is 0 Å². The Labute approximate surface area is 181 Å². The second-order valence-corrected chi connectivity index (χ2v) is 6.59. The van der Waals surface area contributed by atoms with Crippen molar-refractivity contribution in [3.63, 3.8) is 0 Å². The molecule has 166 valence electrons. The predicted molar refractivity (Wildman–Crippen MR) is 113 cm³/mol. The molecule has 30 heavy (non-hydrogen) atoms. The van der Waals surface area contributed by atoms with E-state index in [1.165, 1.54) is 0 Å². The van der Waals surface area contributed by atoms with Crippen LogP contribution < -0.4 is 21.0 Å². The molecule has 1 aromatic rings. The fourth-order valence-corrected chi connectivity index (χ4v) is 2.83. The minimum absolute atomic E-state index is 0. The van der Waals surface area contributed by atoms with Crippen LogP contribution in [-0.2, 0) is 14.3 Å². The number of rotatable bonds is 9. The normalized spacial score (nSPS) is 15.2. The number of hydroxylamine groups is 1. The zero-order chi connectivity index (χ0) is 21.2. The summed E-state index contributed by atoms with van der Waals surface area (Å²) in [6.07, 6.45) is 2.28. The highest BCUT2D eigenvalue weighted by Crippen LogP contribution is 2.22. The highest BCUT2D eigenvalue weighted by Gasteiger charge is 2.33. The molecule has 2 rings (SSSR count). The second-order valence-electron chi connectivity index (χ2n) is 6.59. The number of carbonyl (C=O) groups is 3. The Hall–Kier alpha value is -2.85. The molecular weight excluding hydrogens is 414 g/mol. The van der Waals surface area contributed by atoms with Crippen LogP contribution in [0.15, 0.2) is 24.3 Å². The van der Waals surface area contributed by atoms with Crippen molar-refractivity contribution in [2.45, 2.75) is 38.6 Å². The van der Waals surface area contributed by atoms with E-state index in [1.807, 2.05) is 6.92 Å². The van der Waals surface area contributed by atoms with E-state index in [-0.39, 0.29) is 43.1 Å². The first-order chi connectivity index (χ1) is 14.0. The van der Waals surface area contributed by atoms with Gasteiger partial charge in [0.2, 0.25) is 5.91 Å². The molecule has 0 saturated carbocycles. The Morgan fingerprint density at radius 2 is 2.00 bits per heavy atom. The van der Waals surface area contributed by atoms with Crippen LogP contribution in [0, 0.1) is 5.41 Å². The minimum Gasteiger partial charge on any atom is -0.466 e. The summed E-state index contributed by atoms with van der Waals surface area (Å²) in [6, 6.07) is 5.41. The van der Waals surface area contributed by atoms with E-state index in [0.29, 0.717) is 30.8 Å². The molecule has 0 aromatic heterocycles. The Kier molecular flexibility index (Phi) is 10.6. The van der Waals surface area contributed by atoms with Gasteiger partial charge in [0.15, 0.2) is 0 Å². The van der Waals surface area contributed by atoms with Crippen molar-refractivity contribution in [2.75, 3.05) is 24.6 Å². The minimum atomic E-state index is -0.649. The Balaban J connectivity index is 0.00000450. The summed E-state index contributed by atoms with van der Waals surface area (Å²) in [4.78, 5) is 37.6. The summed E-state index contributed by atoms with van der Waals surface area (Å²) in [6.45, 7) is 2.96. The van der Waals surface area contributed by atoms with E-state index in [0.717, 1.165) is 12.8 Å². The van der Waals surface area contributed by atoms with Crippen LogP contribution >= 0.6 is 12.4 Å². The number of unbranched alkanes of at least 4 members (excludes halogenated alkanes) is 1. The number of halogens is 1. The number of nitrogens with zero attached hydrogens (tertiary/aromatic N) is 1. The van der Waals surface area contributed by atoms with Gasteiger partial charge in [0.05, 0.1) is 13.0 Å². The first-order valence-corrected chi connectivity index (χ1v) is 9.56. The van der Waals surface area contributed by atoms with Crippen molar-refractivity contribution >= 4 is 41.8 Å². The second kappa shape index (κ2) is 12.7. The zero-order valence-corrected chi connectivity index (χ0v) is 17.6. The molecule has 0 unspecified atom stereocenters. The van der Waals surface area contributed by atoms with Crippen molar-refractivity contribution in [2.24, 2.45) is 0 Å². The SMILES string of the molecule is CCCCOC(=O)CCNC(=O)N[C@H]1CCN(c2ccc(C(=N)NO)cc2)C1=O.Cl. The smallest absolute Gasteiger partial charge is 0.315 e. The number of amides is 3. The number of carbonyl (C=O) groups excluding carboxylic acids is 3. The van der Waals surface area contributed by atoms with E-state index in [1.54, 1.807) is 34.6 Å². The maximum atomic E-state index is 12.6. The van der Waals surface area contributed by atoms with Gasteiger partial charge in [-0.2, -0.15) is 0 Å². The number of nitrogens with one attached hydrogen (secondary N) is 4. The highest BCUT2D eigenvalue weighted by molar-refractivity contribution is 6.02. The van der Waals surface area contributed by atoms with Gasteiger partial charge in [-0.3, -0.25) is 25.7 Å². The number of anilines is 1. The molecule has 1 aromatic carbocycles. The third-order valence-electron chi connectivity index (χ3n) is 4.47. The fourth-order valence-electron chi connectivity index (χ4n) is 2.83. The number of hydrogen-bond donors (Lipinski definition) is 5. The lowest BCUT2D eigenvalue weighted by molar-refractivity contribution is -0.143. The molecule has 1 aliphatic rings. The quantitative estimate of drug-likeness (QED) is 0.129. The van der Waals surface area contributed by atoms with E-state index in [2.05, 4.69) is 10.6 Å². The van der Waals surface area contributed by atoms with Crippen LogP contribution in [0.5, 0.6) is 0 Å². The molecule has 1 atom stereocenters. The predicted octanol–water partition coefficient (Wildman–Crippen LogP) is 1.55. The molecular formula is C19H28ClN5O5. The molecule has 0 radical (unpaired) electrons. The molecule has 1 saturated heterocycles. The van der Waals surface area contributed by atoms with Gasteiger partial charge in [0.25, 0.3) is 0 Å². The maximum absolute atomic E-state index is 12.6. The largest absolute Gasteiger partial charge is 0.466 e. The third kappa shape index (κ3) is 7.20. The van der Waals surface area contributed by atoms with Gasteiger partial charge in [0.1, 0.15) is 11.9 Å². The molecule has 5 N–H and O–H groups in total. The molecule has 1 fully saturated rings. The third-order valence-corrected chi connectivity index (χ3v) is 4.47. The average Bonchev–Trinajstić information content (AvgIpc) is 3.08. The summed E-state index contributed by atoms with van der Waals surface area (Å²) in [7, 11) is 0. The number of benzene rings is 1. The molecule has 0 aliphatic carbocycles. The highest BCUT2D eigenvalue weighted by atomic mass is 35.5. The van der Waals surface area contributed by atoms with Crippen LogP contribution in [-0.4, -0.2) is 54.7 Å². The fraction of sp³-hybridized carbons (Fsp3) is 0.474. The summed E-state index contributed by atoms with van der Waals surface area (Å²) >= 11 is 0. The van der Waals surface area contributed by atoms with Gasteiger partial charge in [-0.05, 0) is 37.1 Å². The van der Waals surface area contributed by atoms with E-state index in [9.17, 15) is 14.4 Å². The van der Waals surface area contributed by atoms with Crippen molar-refractivity contribution in [3.05, 3.63) is 29.8 Å². The number of ether oxygens (including phenoxy) is 1. The van der Waals surface area contributed by atoms with E-state index >= 15 is 0 Å². The Morgan fingerprint density at radius 1 is 1.30 bits per heavy atom. The lowest BCUT2D eigenvalue weighted by atomic mass is 10.2. The molecule has 0 spiro atoms. The van der Waals surface area contributed by atoms with Crippen molar-refractivity contribution in [3.8, 4) is 0 Å². The van der Waals surface area contributed by atoms with Crippen molar-refractivity contribution in [1.82, 2.24) is 16.1 Å². The van der Waals surface area contributed by atoms with Crippen LogP contribution in [0.1, 0.15) is 38.2 Å². The number of hydrogen-bond acceptors (Lipinski definition) is 6. The summed E-state index contributed by atoms with van der Waals surface area (Å²) in [5.41, 5.74) is 2.88. The summed E-state index contributed by atoms with van der Waals surface area (Å²) in [5, 5.41) is 21.4. The summed E-state index contributed by atoms with van der Waals surface area (Å²) in [5.74, 6) is -0.744. The lowest BCUT2D eigenvalue weighted by Gasteiger charge is -2.18. The standard InChI is InChI=1S/C19H27N5O5.ClH/c1-2-3-12-29-16(25)8-10-21-19(27)22-15-9-11-24(18(15)26)14-6-4-13(5-7-14)17(20)23-28;/h4-7,15,28H,2-3,8-12H2,1H3,(H2,20,23)(H2,21,22,27);1H/t15-;/m0./s1. The molecule has 11 heteroatoms. The van der Waals surface area contributed by atoms with Gasteiger partial charge in [0, 0.05) is 24.3 Å². The maximum Gasteiger partial charge on any atom is 0.315 e. The van der Waals surface area contributed by atoms with Crippen LogP contribution in [0.4, 0.5) is 10.5 Å². The lowest BCUT2D eigenvalue weighted by Crippen LogP contribution is -2.46. The van der Waals surface area contributed by atoms with Gasteiger partial charge in [-0.15, -0.1) is 12.4 Å². The first kappa shape index (κ1) is 25.2. The monoisotopic (exact) mass is 441 g/mol. The van der Waals surface area contributed by atoms with Crippen molar-refractivity contribution < 1.29 is 24.3 Å². The molecule has 3 amide bonds. The molecule has 1 heterocycles.